The van der Waals surface area contributed by atoms with Gasteiger partial charge in [0.2, 0.25) is 0 Å². The van der Waals surface area contributed by atoms with Gasteiger partial charge in [-0.25, -0.2) is 0 Å². The Kier molecular flexibility index (Phi) is 5.51. The highest BCUT2D eigenvalue weighted by molar-refractivity contribution is 5.94. The molecule has 0 heterocycles. The highest BCUT2D eigenvalue weighted by atomic mass is 16.3. The topological polar surface area (TPSA) is 37.3 Å². The Bertz CT molecular complexity index is 654. The first-order valence-electron chi connectivity index (χ1n) is 7.91. The quantitative estimate of drug-likeness (QED) is 0.784. The molecule has 0 amide bonds. The zero-order chi connectivity index (χ0) is 16.1. The van der Waals surface area contributed by atoms with Gasteiger partial charge in [-0.05, 0) is 48.9 Å². The summed E-state index contributed by atoms with van der Waals surface area (Å²) in [5, 5.41) is 9.74. The number of carbonyl (C=O) groups excluding carboxylic acids is 1. The molecule has 0 atom stereocenters. The van der Waals surface area contributed by atoms with E-state index in [1.807, 2.05) is 30.3 Å². The molecule has 2 heteroatoms. The van der Waals surface area contributed by atoms with Crippen LogP contribution in [0.1, 0.15) is 53.7 Å². The van der Waals surface area contributed by atoms with E-state index >= 15 is 0 Å². The third-order valence-electron chi connectivity index (χ3n) is 4.00. The number of aliphatic hydroxyl groups is 1. The van der Waals surface area contributed by atoms with Crippen LogP contribution in [0.3, 0.4) is 0 Å². The Morgan fingerprint density at radius 1 is 1.09 bits per heavy atom. The van der Waals surface area contributed by atoms with Crippen molar-refractivity contribution < 1.29 is 9.90 Å². The molecule has 0 aliphatic carbocycles. The molecule has 0 aliphatic rings. The maximum Gasteiger partial charge on any atom is 0.159 e. The van der Waals surface area contributed by atoms with Gasteiger partial charge in [0.25, 0.3) is 0 Å². The summed E-state index contributed by atoms with van der Waals surface area (Å²) < 4.78 is 0. The van der Waals surface area contributed by atoms with Crippen LogP contribution in [-0.2, 0) is 13.0 Å². The first-order chi connectivity index (χ1) is 10.6. The summed E-state index contributed by atoms with van der Waals surface area (Å²) in [6.45, 7) is 5.86. The van der Waals surface area contributed by atoms with Crippen molar-refractivity contribution >= 4 is 5.78 Å². The molecular formula is C20H24O2. The van der Waals surface area contributed by atoms with Gasteiger partial charge in [0.1, 0.15) is 0 Å². The van der Waals surface area contributed by atoms with E-state index in [1.165, 1.54) is 11.1 Å². The van der Waals surface area contributed by atoms with Crippen LogP contribution in [0.15, 0.2) is 36.4 Å². The van der Waals surface area contributed by atoms with Crippen LogP contribution in [0.2, 0.25) is 0 Å². The van der Waals surface area contributed by atoms with Gasteiger partial charge in [-0.3, -0.25) is 4.79 Å². The van der Waals surface area contributed by atoms with E-state index in [0.29, 0.717) is 0 Å². The molecule has 116 valence electrons. The number of aryl methyl sites for hydroxylation is 2. The molecule has 0 saturated carbocycles. The number of aliphatic hydroxyl groups excluding tert-OH is 1. The average Bonchev–Trinajstić information content (AvgIpc) is 2.52. The molecule has 0 unspecified atom stereocenters. The van der Waals surface area contributed by atoms with Gasteiger partial charge in [-0.2, -0.15) is 0 Å². The maximum atomic E-state index is 11.4. The molecule has 1 N–H and O–H groups in total. The van der Waals surface area contributed by atoms with Gasteiger partial charge in [0.15, 0.2) is 5.78 Å². The van der Waals surface area contributed by atoms with E-state index in [1.54, 1.807) is 6.92 Å². The van der Waals surface area contributed by atoms with Crippen molar-refractivity contribution in [3.63, 3.8) is 0 Å². The molecule has 2 aromatic rings. The van der Waals surface area contributed by atoms with Crippen molar-refractivity contribution in [3.05, 3.63) is 58.7 Å². The fourth-order valence-corrected chi connectivity index (χ4v) is 2.87. The standard InChI is InChI=1S/C20H24O2/c1-4-5-6-18-11-14(2)12-19(13-21)20(18)17-9-7-16(8-10-17)15(3)22/h7-12,21H,4-6,13H2,1-3H3. The number of hydrogen-bond acceptors (Lipinski definition) is 2. The molecular weight excluding hydrogens is 272 g/mol. The maximum absolute atomic E-state index is 11.4. The van der Waals surface area contributed by atoms with Gasteiger partial charge in [0, 0.05) is 5.56 Å². The second-order valence-electron chi connectivity index (χ2n) is 5.85. The summed E-state index contributed by atoms with van der Waals surface area (Å²) in [7, 11) is 0. The summed E-state index contributed by atoms with van der Waals surface area (Å²) in [4.78, 5) is 11.4. The van der Waals surface area contributed by atoms with E-state index in [-0.39, 0.29) is 12.4 Å². The van der Waals surface area contributed by atoms with E-state index in [4.69, 9.17) is 0 Å². The smallest absolute Gasteiger partial charge is 0.159 e. The number of hydrogen-bond donors (Lipinski definition) is 1. The molecule has 2 nitrogen and oxygen atoms in total. The number of benzene rings is 2. The van der Waals surface area contributed by atoms with Gasteiger partial charge in [-0.1, -0.05) is 55.3 Å². The van der Waals surface area contributed by atoms with Crippen LogP contribution < -0.4 is 0 Å². The van der Waals surface area contributed by atoms with Gasteiger partial charge in [-0.15, -0.1) is 0 Å². The van der Waals surface area contributed by atoms with Crippen molar-refractivity contribution in [2.45, 2.75) is 46.6 Å². The predicted octanol–water partition coefficient (Wildman–Crippen LogP) is 4.70. The predicted molar refractivity (Wildman–Crippen MR) is 91.2 cm³/mol. The van der Waals surface area contributed by atoms with Crippen molar-refractivity contribution in [3.8, 4) is 11.1 Å². The number of rotatable bonds is 6. The minimum absolute atomic E-state index is 0.0323. The zero-order valence-electron chi connectivity index (χ0n) is 13.6. The summed E-state index contributed by atoms with van der Waals surface area (Å²) in [6.07, 6.45) is 3.28. The summed E-state index contributed by atoms with van der Waals surface area (Å²) in [5.74, 6) is 0.0732. The lowest BCUT2D eigenvalue weighted by atomic mass is 9.89. The molecule has 2 rings (SSSR count). The Morgan fingerprint density at radius 2 is 1.73 bits per heavy atom. The van der Waals surface area contributed by atoms with Crippen molar-refractivity contribution in [1.82, 2.24) is 0 Å². The minimum Gasteiger partial charge on any atom is -0.392 e. The Labute approximate surface area is 132 Å². The van der Waals surface area contributed by atoms with Crippen LogP contribution in [0.25, 0.3) is 11.1 Å². The Morgan fingerprint density at radius 3 is 2.27 bits per heavy atom. The van der Waals surface area contributed by atoms with Crippen LogP contribution in [0.4, 0.5) is 0 Å². The highest BCUT2D eigenvalue weighted by Crippen LogP contribution is 2.31. The Balaban J connectivity index is 2.53. The average molecular weight is 296 g/mol. The monoisotopic (exact) mass is 296 g/mol. The van der Waals surface area contributed by atoms with Crippen molar-refractivity contribution in [1.29, 1.82) is 0 Å². The van der Waals surface area contributed by atoms with Crippen LogP contribution in [0.5, 0.6) is 0 Å². The molecule has 0 fully saturated rings. The minimum atomic E-state index is 0.0323. The van der Waals surface area contributed by atoms with E-state index in [9.17, 15) is 9.90 Å². The van der Waals surface area contributed by atoms with Gasteiger partial charge in [0.05, 0.1) is 6.61 Å². The highest BCUT2D eigenvalue weighted by Gasteiger charge is 2.12. The molecule has 22 heavy (non-hydrogen) atoms. The lowest BCUT2D eigenvalue weighted by Crippen LogP contribution is -1.99. The van der Waals surface area contributed by atoms with Gasteiger partial charge < -0.3 is 5.11 Å². The zero-order valence-corrected chi connectivity index (χ0v) is 13.6. The lowest BCUT2D eigenvalue weighted by molar-refractivity contribution is 0.101. The molecule has 0 radical (unpaired) electrons. The molecule has 0 aliphatic heterocycles. The third kappa shape index (κ3) is 3.63. The fourth-order valence-electron chi connectivity index (χ4n) is 2.87. The molecule has 2 aromatic carbocycles. The number of carbonyl (C=O) groups is 1. The molecule has 0 saturated heterocycles. The lowest BCUT2D eigenvalue weighted by Gasteiger charge is -2.16. The van der Waals surface area contributed by atoms with E-state index < -0.39 is 0 Å². The molecule has 0 bridgehead atoms. The summed E-state index contributed by atoms with van der Waals surface area (Å²) in [6, 6.07) is 11.9. The second-order valence-corrected chi connectivity index (χ2v) is 5.85. The molecule has 0 aromatic heterocycles. The number of ketones is 1. The van der Waals surface area contributed by atoms with Crippen LogP contribution in [-0.4, -0.2) is 10.9 Å². The first kappa shape index (κ1) is 16.4. The summed E-state index contributed by atoms with van der Waals surface area (Å²) >= 11 is 0. The third-order valence-corrected chi connectivity index (χ3v) is 4.00. The largest absolute Gasteiger partial charge is 0.392 e. The normalized spacial score (nSPS) is 10.7. The fraction of sp³-hybridized carbons (Fsp3) is 0.350. The Hall–Kier alpha value is -1.93. The van der Waals surface area contributed by atoms with E-state index in [2.05, 4.69) is 19.9 Å². The van der Waals surface area contributed by atoms with Crippen molar-refractivity contribution in [2.75, 3.05) is 0 Å². The van der Waals surface area contributed by atoms with Crippen LogP contribution >= 0.6 is 0 Å². The SMILES string of the molecule is CCCCc1cc(C)cc(CO)c1-c1ccc(C(C)=O)cc1. The number of unbranched alkanes of at least 4 members (excludes halogenated alkanes) is 1. The molecule has 0 spiro atoms. The van der Waals surface area contributed by atoms with Crippen LogP contribution in [0, 0.1) is 6.92 Å². The number of Topliss-reactive ketones (excluding diaryl/α,β-unsaturated/α-hetero) is 1. The van der Waals surface area contributed by atoms with Gasteiger partial charge >= 0.3 is 0 Å². The van der Waals surface area contributed by atoms with E-state index in [0.717, 1.165) is 41.5 Å². The summed E-state index contributed by atoms with van der Waals surface area (Å²) in [5.41, 5.74) is 6.33. The second kappa shape index (κ2) is 7.37. The van der Waals surface area contributed by atoms with Crippen molar-refractivity contribution in [2.24, 2.45) is 0 Å². The first-order valence-corrected chi connectivity index (χ1v) is 7.91.